The quantitative estimate of drug-likeness (QED) is 0.880. The van der Waals surface area contributed by atoms with Crippen LogP contribution in [0.5, 0.6) is 5.75 Å². The number of ether oxygens (including phenoxy) is 1. The molecule has 1 aliphatic carbocycles. The van der Waals surface area contributed by atoms with Crippen LogP contribution in [0.25, 0.3) is 0 Å². The van der Waals surface area contributed by atoms with Gasteiger partial charge < -0.3 is 9.84 Å². The van der Waals surface area contributed by atoms with Crippen LogP contribution in [-0.2, 0) is 17.6 Å². The largest absolute Gasteiger partial charge is 0.508 e. The van der Waals surface area contributed by atoms with Crippen molar-refractivity contribution in [3.63, 3.8) is 0 Å². The molecule has 0 radical (unpaired) electrons. The number of hydrogen-bond acceptors (Lipinski definition) is 2. The number of phenols is 1. The van der Waals surface area contributed by atoms with Gasteiger partial charge in [0.15, 0.2) is 0 Å². The summed E-state index contributed by atoms with van der Waals surface area (Å²) < 4.78 is 6.16. The van der Waals surface area contributed by atoms with E-state index in [1.54, 1.807) is 6.07 Å². The van der Waals surface area contributed by atoms with E-state index in [1.807, 2.05) is 6.07 Å². The van der Waals surface area contributed by atoms with Crippen LogP contribution in [0.15, 0.2) is 18.2 Å². The van der Waals surface area contributed by atoms with Crippen LogP contribution in [-0.4, -0.2) is 17.8 Å². The number of rotatable bonds is 2. The second-order valence-corrected chi connectivity index (χ2v) is 6.51. The summed E-state index contributed by atoms with van der Waals surface area (Å²) in [6.07, 6.45) is 8.77. The molecule has 1 fully saturated rings. The molecule has 0 aromatic heterocycles. The van der Waals surface area contributed by atoms with Gasteiger partial charge in [0, 0.05) is 13.0 Å². The lowest BCUT2D eigenvalue weighted by molar-refractivity contribution is -0.0167. The molecule has 2 aliphatic rings. The Balaban J connectivity index is 1.73. The molecule has 1 unspecified atom stereocenters. The third kappa shape index (κ3) is 2.85. The minimum atomic E-state index is 0.318. The molecule has 1 aromatic rings. The zero-order valence-electron chi connectivity index (χ0n) is 12.5. The zero-order valence-corrected chi connectivity index (χ0v) is 12.5. The third-order valence-corrected chi connectivity index (χ3v) is 5.16. The highest BCUT2D eigenvalue weighted by Gasteiger charge is 2.32. The molecule has 1 N–H and O–H groups in total. The van der Waals surface area contributed by atoms with Crippen LogP contribution in [0.3, 0.4) is 0 Å². The van der Waals surface area contributed by atoms with Gasteiger partial charge in [0.2, 0.25) is 0 Å². The van der Waals surface area contributed by atoms with Crippen molar-refractivity contribution in [1.82, 2.24) is 0 Å². The first-order valence-electron chi connectivity index (χ1n) is 8.19. The highest BCUT2D eigenvalue weighted by molar-refractivity contribution is 5.41. The molecule has 20 heavy (non-hydrogen) atoms. The Morgan fingerprint density at radius 2 is 2.10 bits per heavy atom. The van der Waals surface area contributed by atoms with Gasteiger partial charge in [-0.1, -0.05) is 31.9 Å². The van der Waals surface area contributed by atoms with E-state index >= 15 is 0 Å². The summed E-state index contributed by atoms with van der Waals surface area (Å²) in [5.41, 5.74) is 2.46. The highest BCUT2D eigenvalue weighted by atomic mass is 16.5. The summed E-state index contributed by atoms with van der Waals surface area (Å²) in [5, 5.41) is 10.0. The minimum Gasteiger partial charge on any atom is -0.508 e. The Labute approximate surface area is 122 Å². The van der Waals surface area contributed by atoms with Gasteiger partial charge in [0.05, 0.1) is 6.10 Å². The Kier molecular flexibility index (Phi) is 4.30. The zero-order chi connectivity index (χ0) is 13.9. The standard InChI is InChI=1S/C18H26O2/c1-2-4-13-7-8-15-11-14-5-3-6-17(19)16(14)12-18(15)20-10-9-13/h3,5-6,13,15,18-19H,2,4,7-12H2,1H3/t13?,15-,18-/m1/s1. The molecular weight excluding hydrogens is 248 g/mol. The van der Waals surface area contributed by atoms with Gasteiger partial charge in [0.1, 0.15) is 5.75 Å². The highest BCUT2D eigenvalue weighted by Crippen LogP contribution is 2.37. The molecule has 0 saturated carbocycles. The predicted octanol–water partition coefficient (Wildman–Crippen LogP) is 4.09. The lowest BCUT2D eigenvalue weighted by Crippen LogP contribution is -2.35. The van der Waals surface area contributed by atoms with E-state index in [-0.39, 0.29) is 0 Å². The molecule has 1 aromatic carbocycles. The van der Waals surface area contributed by atoms with Gasteiger partial charge >= 0.3 is 0 Å². The van der Waals surface area contributed by atoms with E-state index in [2.05, 4.69) is 13.0 Å². The van der Waals surface area contributed by atoms with Gasteiger partial charge in [-0.15, -0.1) is 0 Å². The van der Waals surface area contributed by atoms with E-state index < -0.39 is 0 Å². The fourth-order valence-corrected chi connectivity index (χ4v) is 3.99. The SMILES string of the molecule is CCCC1CCO[C@@H]2Cc3c(O)cccc3C[C@H]2CC1. The summed E-state index contributed by atoms with van der Waals surface area (Å²) in [7, 11) is 0. The molecule has 2 nitrogen and oxygen atoms in total. The summed E-state index contributed by atoms with van der Waals surface area (Å²) in [6, 6.07) is 5.95. The van der Waals surface area contributed by atoms with E-state index in [1.165, 1.54) is 37.7 Å². The topological polar surface area (TPSA) is 29.5 Å². The monoisotopic (exact) mass is 274 g/mol. The van der Waals surface area contributed by atoms with Crippen LogP contribution in [0.4, 0.5) is 0 Å². The first kappa shape index (κ1) is 13.9. The number of benzene rings is 1. The van der Waals surface area contributed by atoms with Gasteiger partial charge in [-0.05, 0) is 54.7 Å². The Bertz CT molecular complexity index is 455. The molecule has 2 heteroatoms. The molecule has 1 saturated heterocycles. The van der Waals surface area contributed by atoms with Crippen LogP contribution >= 0.6 is 0 Å². The molecule has 0 spiro atoms. The van der Waals surface area contributed by atoms with Crippen LogP contribution in [0.1, 0.15) is 50.2 Å². The Hall–Kier alpha value is -1.02. The summed E-state index contributed by atoms with van der Waals surface area (Å²) in [5.74, 6) is 1.95. The van der Waals surface area contributed by atoms with Crippen molar-refractivity contribution in [3.05, 3.63) is 29.3 Å². The number of phenolic OH excluding ortho intramolecular Hbond substituents is 1. The number of aromatic hydroxyl groups is 1. The molecule has 1 heterocycles. The summed E-state index contributed by atoms with van der Waals surface area (Å²) in [4.78, 5) is 0. The first-order chi connectivity index (χ1) is 9.78. The van der Waals surface area contributed by atoms with Gasteiger partial charge in [-0.2, -0.15) is 0 Å². The lowest BCUT2D eigenvalue weighted by Gasteiger charge is -2.36. The second kappa shape index (κ2) is 6.17. The average molecular weight is 274 g/mol. The summed E-state index contributed by atoms with van der Waals surface area (Å²) >= 11 is 0. The van der Waals surface area contributed by atoms with Crippen molar-refractivity contribution >= 4 is 0 Å². The molecule has 110 valence electrons. The van der Waals surface area contributed by atoms with Crippen molar-refractivity contribution in [2.75, 3.05) is 6.61 Å². The third-order valence-electron chi connectivity index (χ3n) is 5.16. The van der Waals surface area contributed by atoms with Crippen molar-refractivity contribution in [2.24, 2.45) is 11.8 Å². The molecule has 3 atom stereocenters. The predicted molar refractivity (Wildman–Crippen MR) is 81.0 cm³/mol. The number of hydrogen-bond donors (Lipinski definition) is 1. The van der Waals surface area contributed by atoms with Crippen molar-refractivity contribution in [1.29, 1.82) is 0 Å². The maximum atomic E-state index is 10.0. The van der Waals surface area contributed by atoms with Gasteiger partial charge in [-0.25, -0.2) is 0 Å². The van der Waals surface area contributed by atoms with Crippen molar-refractivity contribution in [3.8, 4) is 5.75 Å². The molecule has 1 aliphatic heterocycles. The lowest BCUT2D eigenvalue weighted by atomic mass is 9.76. The fourth-order valence-electron chi connectivity index (χ4n) is 3.99. The second-order valence-electron chi connectivity index (χ2n) is 6.51. The maximum Gasteiger partial charge on any atom is 0.119 e. The van der Waals surface area contributed by atoms with Crippen LogP contribution in [0.2, 0.25) is 0 Å². The molecule has 0 bridgehead atoms. The fraction of sp³-hybridized carbons (Fsp3) is 0.667. The van der Waals surface area contributed by atoms with Crippen molar-refractivity contribution < 1.29 is 9.84 Å². The smallest absolute Gasteiger partial charge is 0.119 e. The average Bonchev–Trinajstić information content (AvgIpc) is 2.43. The van der Waals surface area contributed by atoms with Crippen LogP contribution in [0, 0.1) is 11.8 Å². The maximum absolute atomic E-state index is 10.0. The summed E-state index contributed by atoms with van der Waals surface area (Å²) in [6.45, 7) is 3.18. The van der Waals surface area contributed by atoms with E-state index in [4.69, 9.17) is 4.74 Å². The first-order valence-corrected chi connectivity index (χ1v) is 8.19. The normalized spacial score (nSPS) is 29.9. The van der Waals surface area contributed by atoms with Crippen molar-refractivity contribution in [2.45, 2.75) is 58.0 Å². The number of fused-ring (bicyclic) bond motifs is 2. The Morgan fingerprint density at radius 3 is 2.95 bits per heavy atom. The van der Waals surface area contributed by atoms with E-state index in [0.29, 0.717) is 17.8 Å². The minimum absolute atomic E-state index is 0.318. The molecule has 3 rings (SSSR count). The molecular formula is C18H26O2. The van der Waals surface area contributed by atoms with E-state index in [0.717, 1.165) is 30.9 Å². The van der Waals surface area contributed by atoms with Crippen LogP contribution < -0.4 is 0 Å². The Morgan fingerprint density at radius 1 is 1.20 bits per heavy atom. The van der Waals surface area contributed by atoms with Gasteiger partial charge in [0.25, 0.3) is 0 Å². The van der Waals surface area contributed by atoms with Gasteiger partial charge in [-0.3, -0.25) is 0 Å². The molecule has 0 amide bonds. The van der Waals surface area contributed by atoms with E-state index in [9.17, 15) is 5.11 Å².